The molecule has 0 fully saturated rings. The van der Waals surface area contributed by atoms with E-state index in [-0.39, 0.29) is 31.1 Å². The van der Waals surface area contributed by atoms with Crippen molar-refractivity contribution in [1.29, 1.82) is 0 Å². The molecular weight excluding hydrogens is 769 g/mol. The summed E-state index contributed by atoms with van der Waals surface area (Å²) in [5.74, 6) is -0.849. The number of unbranched alkanes of at least 4 members (excludes halogenated alkanes) is 38. The minimum absolute atomic E-state index is 0.0656. The summed E-state index contributed by atoms with van der Waals surface area (Å²) < 4.78 is 16.8. The second kappa shape index (κ2) is 51.8. The average Bonchev–Trinajstić information content (AvgIpc) is 3.27. The maximum absolute atomic E-state index is 12.8. The number of hydrogen-bond acceptors (Lipinski definition) is 6. The molecule has 62 heavy (non-hydrogen) atoms. The monoisotopic (exact) mass is 875 g/mol. The van der Waals surface area contributed by atoms with E-state index in [1.54, 1.807) is 0 Å². The van der Waals surface area contributed by atoms with Gasteiger partial charge in [0.2, 0.25) is 0 Å². The molecule has 0 aliphatic heterocycles. The van der Waals surface area contributed by atoms with E-state index < -0.39 is 6.10 Å². The van der Waals surface area contributed by atoms with Crippen LogP contribution in [0.4, 0.5) is 0 Å². The number of allylic oxidation sites excluding steroid dienone is 2. The third-order valence-corrected chi connectivity index (χ3v) is 12.5. The first-order valence-electron chi connectivity index (χ1n) is 27.7. The summed E-state index contributed by atoms with van der Waals surface area (Å²) in [6, 6.07) is 0. The Morgan fingerprint density at radius 1 is 0.306 bits per heavy atom. The van der Waals surface area contributed by atoms with Crippen molar-refractivity contribution in [3.63, 3.8) is 0 Å². The normalized spacial score (nSPS) is 12.0. The number of hydrogen-bond donors (Lipinski definition) is 0. The summed E-state index contributed by atoms with van der Waals surface area (Å²) in [4.78, 5) is 38.0. The number of carbonyl (C=O) groups is 3. The second-order valence-electron chi connectivity index (χ2n) is 18.9. The molecule has 0 unspecified atom stereocenters. The molecule has 6 nitrogen and oxygen atoms in total. The van der Waals surface area contributed by atoms with Crippen molar-refractivity contribution < 1.29 is 28.6 Å². The Kier molecular flexibility index (Phi) is 50.2. The summed E-state index contributed by atoms with van der Waals surface area (Å²) >= 11 is 0. The van der Waals surface area contributed by atoms with E-state index in [9.17, 15) is 14.4 Å². The van der Waals surface area contributed by atoms with Crippen LogP contribution in [0.2, 0.25) is 0 Å². The Labute approximate surface area is 386 Å². The van der Waals surface area contributed by atoms with E-state index >= 15 is 0 Å². The van der Waals surface area contributed by atoms with Crippen LogP contribution in [0.25, 0.3) is 0 Å². The smallest absolute Gasteiger partial charge is 0.306 e. The van der Waals surface area contributed by atoms with Gasteiger partial charge < -0.3 is 14.2 Å². The van der Waals surface area contributed by atoms with Gasteiger partial charge in [0, 0.05) is 19.3 Å². The van der Waals surface area contributed by atoms with Crippen LogP contribution in [0.3, 0.4) is 0 Å². The molecule has 0 rings (SSSR count). The first-order chi connectivity index (χ1) is 30.5. The predicted molar refractivity (Wildman–Crippen MR) is 266 cm³/mol. The fourth-order valence-electron chi connectivity index (χ4n) is 8.32. The zero-order valence-corrected chi connectivity index (χ0v) is 41.9. The summed E-state index contributed by atoms with van der Waals surface area (Å²) in [5.41, 5.74) is 0. The lowest BCUT2D eigenvalue weighted by Gasteiger charge is -2.18. The molecule has 0 spiro atoms. The van der Waals surface area contributed by atoms with E-state index in [4.69, 9.17) is 14.2 Å². The fourth-order valence-corrected chi connectivity index (χ4v) is 8.32. The molecule has 0 saturated heterocycles. The molecule has 0 radical (unpaired) electrons. The highest BCUT2D eigenvalue weighted by molar-refractivity contribution is 5.71. The first kappa shape index (κ1) is 60.2. The van der Waals surface area contributed by atoms with E-state index in [1.165, 1.54) is 212 Å². The number of ether oxygens (including phenoxy) is 3. The van der Waals surface area contributed by atoms with Crippen LogP contribution in [-0.2, 0) is 28.6 Å². The van der Waals surface area contributed by atoms with Gasteiger partial charge in [0.25, 0.3) is 0 Å². The number of carbonyl (C=O) groups excluding carboxylic acids is 3. The summed E-state index contributed by atoms with van der Waals surface area (Å²) in [6.45, 7) is 6.67. The molecule has 0 aromatic carbocycles. The highest BCUT2D eigenvalue weighted by Gasteiger charge is 2.19. The topological polar surface area (TPSA) is 78.9 Å². The molecule has 0 amide bonds. The lowest BCUT2D eigenvalue weighted by atomic mass is 10.0. The third-order valence-electron chi connectivity index (χ3n) is 12.5. The van der Waals surface area contributed by atoms with Gasteiger partial charge in [-0.05, 0) is 44.9 Å². The third kappa shape index (κ3) is 49.2. The Morgan fingerprint density at radius 3 is 0.806 bits per heavy atom. The van der Waals surface area contributed by atoms with E-state index in [2.05, 4.69) is 32.9 Å². The van der Waals surface area contributed by atoms with Gasteiger partial charge in [-0.1, -0.05) is 258 Å². The van der Waals surface area contributed by atoms with Crippen molar-refractivity contribution in [3.8, 4) is 0 Å². The van der Waals surface area contributed by atoms with Gasteiger partial charge in [-0.3, -0.25) is 14.4 Å². The minimum Gasteiger partial charge on any atom is -0.462 e. The van der Waals surface area contributed by atoms with Crippen molar-refractivity contribution in [1.82, 2.24) is 0 Å². The SMILES string of the molecule is CCCCCCCC/C=C\CCCCCCCCCC(=O)OC[C@@H](COC(=O)CCCCCCCCCCCCCC)OC(=O)CCCCCCCCCCCCCCCCC. The molecule has 0 N–H and O–H groups in total. The van der Waals surface area contributed by atoms with Gasteiger partial charge >= 0.3 is 17.9 Å². The van der Waals surface area contributed by atoms with Crippen LogP contribution in [0.15, 0.2) is 12.2 Å². The van der Waals surface area contributed by atoms with Crippen molar-refractivity contribution in [3.05, 3.63) is 12.2 Å². The van der Waals surface area contributed by atoms with Gasteiger partial charge in [-0.25, -0.2) is 0 Å². The predicted octanol–water partition coefficient (Wildman–Crippen LogP) is 18.2. The van der Waals surface area contributed by atoms with Crippen LogP contribution < -0.4 is 0 Å². The molecule has 6 heteroatoms. The van der Waals surface area contributed by atoms with Crippen molar-refractivity contribution >= 4 is 17.9 Å². The zero-order chi connectivity index (χ0) is 45.1. The molecule has 1 atom stereocenters. The quantitative estimate of drug-likeness (QED) is 0.0262. The molecule has 0 aliphatic carbocycles. The van der Waals surface area contributed by atoms with Crippen molar-refractivity contribution in [2.24, 2.45) is 0 Å². The Morgan fingerprint density at radius 2 is 0.532 bits per heavy atom. The standard InChI is InChI=1S/C56H106O6/c1-4-7-10-13-16-19-22-25-27-28-30-31-34-37-40-43-46-49-55(58)61-52-53(51-60-54(57)48-45-42-39-36-33-24-21-18-15-12-9-6-3)62-56(59)50-47-44-41-38-35-32-29-26-23-20-17-14-11-8-5-2/h25,27,53H,4-24,26,28-52H2,1-3H3/b27-25-/t53-/m1/s1. The van der Waals surface area contributed by atoms with E-state index in [1.807, 2.05) is 0 Å². The zero-order valence-electron chi connectivity index (χ0n) is 41.9. The van der Waals surface area contributed by atoms with Gasteiger partial charge in [0.05, 0.1) is 0 Å². The molecule has 0 aliphatic rings. The maximum Gasteiger partial charge on any atom is 0.306 e. The number of rotatable bonds is 51. The molecule has 0 heterocycles. The van der Waals surface area contributed by atoms with Crippen LogP contribution in [0, 0.1) is 0 Å². The first-order valence-corrected chi connectivity index (χ1v) is 27.7. The van der Waals surface area contributed by atoms with E-state index in [0.29, 0.717) is 19.3 Å². The summed E-state index contributed by atoms with van der Waals surface area (Å²) in [7, 11) is 0. The van der Waals surface area contributed by atoms with Gasteiger partial charge in [-0.15, -0.1) is 0 Å². The highest BCUT2D eigenvalue weighted by atomic mass is 16.6. The van der Waals surface area contributed by atoms with Crippen molar-refractivity contribution in [2.45, 2.75) is 316 Å². The van der Waals surface area contributed by atoms with Gasteiger partial charge in [0.1, 0.15) is 13.2 Å². The summed E-state index contributed by atoms with van der Waals surface area (Å²) in [6.07, 6.45) is 57.6. The minimum atomic E-state index is -0.765. The number of esters is 3. The largest absolute Gasteiger partial charge is 0.462 e. The Hall–Kier alpha value is -1.85. The van der Waals surface area contributed by atoms with Crippen LogP contribution >= 0.6 is 0 Å². The fraction of sp³-hybridized carbons (Fsp3) is 0.911. The Bertz CT molecular complexity index is 962. The molecular formula is C56H106O6. The highest BCUT2D eigenvalue weighted by Crippen LogP contribution is 2.17. The second-order valence-corrected chi connectivity index (χ2v) is 18.9. The molecule has 0 aromatic heterocycles. The maximum atomic E-state index is 12.8. The Balaban J connectivity index is 4.31. The molecule has 0 bridgehead atoms. The average molecular weight is 875 g/mol. The van der Waals surface area contributed by atoms with Crippen LogP contribution in [0.1, 0.15) is 310 Å². The molecule has 0 saturated carbocycles. The van der Waals surface area contributed by atoms with Gasteiger partial charge in [-0.2, -0.15) is 0 Å². The van der Waals surface area contributed by atoms with Crippen LogP contribution in [-0.4, -0.2) is 37.2 Å². The lowest BCUT2D eigenvalue weighted by Crippen LogP contribution is -2.30. The molecule has 0 aromatic rings. The van der Waals surface area contributed by atoms with Crippen LogP contribution in [0.5, 0.6) is 0 Å². The lowest BCUT2D eigenvalue weighted by molar-refractivity contribution is -0.167. The van der Waals surface area contributed by atoms with Gasteiger partial charge in [0.15, 0.2) is 6.10 Å². The van der Waals surface area contributed by atoms with Crippen molar-refractivity contribution in [2.75, 3.05) is 13.2 Å². The van der Waals surface area contributed by atoms with E-state index in [0.717, 1.165) is 57.8 Å². The molecule has 366 valence electrons. The summed E-state index contributed by atoms with van der Waals surface area (Å²) in [5, 5.41) is 0.